The van der Waals surface area contributed by atoms with Crippen LogP contribution in [0.3, 0.4) is 0 Å². The first-order chi connectivity index (χ1) is 16.8. The summed E-state index contributed by atoms with van der Waals surface area (Å²) in [5, 5.41) is 5.15. The highest BCUT2D eigenvalue weighted by Gasteiger charge is 2.13. The van der Waals surface area contributed by atoms with Crippen LogP contribution in [0.5, 0.6) is 5.75 Å². The van der Waals surface area contributed by atoms with Gasteiger partial charge in [-0.05, 0) is 82.1 Å². The van der Waals surface area contributed by atoms with Gasteiger partial charge in [0.25, 0.3) is 5.56 Å². The summed E-state index contributed by atoms with van der Waals surface area (Å²) in [6, 6.07) is 15.8. The maximum absolute atomic E-state index is 13.3. The molecule has 0 unspecified atom stereocenters. The van der Waals surface area contributed by atoms with E-state index >= 15 is 0 Å². The second-order valence-electron chi connectivity index (χ2n) is 8.79. The van der Waals surface area contributed by atoms with Crippen molar-refractivity contribution < 1.29 is 4.74 Å². The van der Waals surface area contributed by atoms with Crippen LogP contribution in [0, 0.1) is 13.8 Å². The van der Waals surface area contributed by atoms with E-state index < -0.39 is 0 Å². The van der Waals surface area contributed by atoms with Gasteiger partial charge < -0.3 is 9.30 Å². The highest BCUT2D eigenvalue weighted by atomic mass is 79.9. The number of nitrogens with zero attached hydrogens (tertiary/aromatic N) is 4. The molecule has 0 saturated heterocycles. The lowest BCUT2D eigenvalue weighted by atomic mass is 10.2. The lowest BCUT2D eigenvalue weighted by molar-refractivity contribution is 0.217. The lowest BCUT2D eigenvalue weighted by Crippen LogP contribution is -2.22. The number of hydrogen-bond donors (Lipinski definition) is 0. The molecule has 6 nitrogen and oxygen atoms in total. The largest absolute Gasteiger partial charge is 0.491 e. The van der Waals surface area contributed by atoms with Crippen molar-refractivity contribution in [3.63, 3.8) is 0 Å². The van der Waals surface area contributed by atoms with Gasteiger partial charge in [-0.15, -0.1) is 0 Å². The van der Waals surface area contributed by atoms with E-state index in [1.807, 2.05) is 24.3 Å². The maximum Gasteiger partial charge on any atom is 0.282 e. The van der Waals surface area contributed by atoms with Gasteiger partial charge in [0.05, 0.1) is 23.2 Å². The molecule has 0 saturated carbocycles. The Morgan fingerprint density at radius 1 is 1.11 bits per heavy atom. The molecule has 7 heteroatoms. The number of ether oxygens (including phenoxy) is 1. The first kappa shape index (κ1) is 24.9. The molecule has 1 atom stereocenters. The number of aromatic nitrogens is 3. The van der Waals surface area contributed by atoms with E-state index in [2.05, 4.69) is 78.4 Å². The van der Waals surface area contributed by atoms with Crippen LogP contribution in [0.4, 0.5) is 0 Å². The first-order valence-corrected chi connectivity index (χ1v) is 12.8. The predicted molar refractivity (Wildman–Crippen MR) is 146 cm³/mol. The standard InChI is InChI=1S/C28H31BrN4O2/c1-6-8-27-31-26-14-9-22(29)16-25(26)28(34)33(27)30-17-21-15-18(3)32(20(21)5)23-10-12-24(13-11-23)35-19(4)7-2/h9-17,19H,6-8H2,1-5H3/t19-/m0/s1. The SMILES string of the molecule is CCCc1nc2ccc(Br)cc2c(=O)n1N=Cc1cc(C)n(-c2ccc(O[C@@H](C)CC)cc2)c1C. The first-order valence-electron chi connectivity index (χ1n) is 12.0. The molecule has 0 spiro atoms. The summed E-state index contributed by atoms with van der Waals surface area (Å²) in [7, 11) is 0. The monoisotopic (exact) mass is 534 g/mol. The highest BCUT2D eigenvalue weighted by Crippen LogP contribution is 2.23. The van der Waals surface area contributed by atoms with Crippen LogP contribution in [0.15, 0.2) is 62.9 Å². The summed E-state index contributed by atoms with van der Waals surface area (Å²) in [5.74, 6) is 1.53. The number of fused-ring (bicyclic) bond motifs is 1. The van der Waals surface area contributed by atoms with Gasteiger partial charge in [0.15, 0.2) is 0 Å². The molecule has 0 amide bonds. The number of rotatable bonds is 8. The molecule has 2 aromatic carbocycles. The molecule has 4 aromatic rings. The highest BCUT2D eigenvalue weighted by molar-refractivity contribution is 9.10. The summed E-state index contributed by atoms with van der Waals surface area (Å²) in [6.07, 6.45) is 4.45. The Morgan fingerprint density at radius 3 is 2.54 bits per heavy atom. The molecule has 0 N–H and O–H groups in total. The Kier molecular flexibility index (Phi) is 7.55. The minimum atomic E-state index is -0.165. The molecule has 2 heterocycles. The van der Waals surface area contributed by atoms with Crippen LogP contribution in [0.2, 0.25) is 0 Å². The van der Waals surface area contributed by atoms with Crippen molar-refractivity contribution in [2.45, 2.75) is 60.0 Å². The van der Waals surface area contributed by atoms with Gasteiger partial charge in [-0.3, -0.25) is 4.79 Å². The second kappa shape index (κ2) is 10.6. The fraction of sp³-hybridized carbons (Fsp3) is 0.321. The Hall–Kier alpha value is -3.19. The second-order valence-corrected chi connectivity index (χ2v) is 9.71. The quantitative estimate of drug-likeness (QED) is 0.240. The predicted octanol–water partition coefficient (Wildman–Crippen LogP) is 6.58. The fourth-order valence-corrected chi connectivity index (χ4v) is 4.49. The summed E-state index contributed by atoms with van der Waals surface area (Å²) in [6.45, 7) is 10.4. The fourth-order valence-electron chi connectivity index (χ4n) is 4.12. The third-order valence-corrected chi connectivity index (χ3v) is 6.63. The third kappa shape index (κ3) is 5.25. The van der Waals surface area contributed by atoms with E-state index in [-0.39, 0.29) is 11.7 Å². The smallest absolute Gasteiger partial charge is 0.282 e. The topological polar surface area (TPSA) is 61.4 Å². The van der Waals surface area contributed by atoms with E-state index in [4.69, 9.17) is 9.72 Å². The van der Waals surface area contributed by atoms with Crippen LogP contribution in [-0.2, 0) is 6.42 Å². The molecule has 0 aliphatic rings. The summed E-state index contributed by atoms with van der Waals surface area (Å²) in [5.41, 5.74) is 4.65. The van der Waals surface area contributed by atoms with Crippen molar-refractivity contribution in [1.82, 2.24) is 14.2 Å². The normalized spacial score (nSPS) is 12.5. The van der Waals surface area contributed by atoms with Gasteiger partial charge >= 0.3 is 0 Å². The summed E-state index contributed by atoms with van der Waals surface area (Å²) >= 11 is 3.45. The van der Waals surface area contributed by atoms with Crippen molar-refractivity contribution in [3.05, 3.63) is 86.1 Å². The zero-order valence-electron chi connectivity index (χ0n) is 20.9. The van der Waals surface area contributed by atoms with E-state index in [0.29, 0.717) is 23.1 Å². The molecule has 0 radical (unpaired) electrons. The Bertz CT molecular complexity index is 1430. The Morgan fingerprint density at radius 2 is 1.86 bits per heavy atom. The molecule has 0 aliphatic heterocycles. The van der Waals surface area contributed by atoms with Gasteiger partial charge in [0, 0.05) is 33.5 Å². The van der Waals surface area contributed by atoms with E-state index in [1.165, 1.54) is 4.68 Å². The van der Waals surface area contributed by atoms with Crippen LogP contribution in [0.1, 0.15) is 56.4 Å². The van der Waals surface area contributed by atoms with E-state index in [9.17, 15) is 4.79 Å². The van der Waals surface area contributed by atoms with Gasteiger partial charge in [-0.1, -0.05) is 29.8 Å². The van der Waals surface area contributed by atoms with Crippen LogP contribution >= 0.6 is 15.9 Å². The van der Waals surface area contributed by atoms with Crippen molar-refractivity contribution in [2.75, 3.05) is 0 Å². The van der Waals surface area contributed by atoms with Crippen LogP contribution in [-0.4, -0.2) is 26.5 Å². The third-order valence-electron chi connectivity index (χ3n) is 6.14. The maximum atomic E-state index is 13.3. The Balaban J connectivity index is 1.70. The van der Waals surface area contributed by atoms with Gasteiger partial charge in [0.1, 0.15) is 11.6 Å². The summed E-state index contributed by atoms with van der Waals surface area (Å²) in [4.78, 5) is 18.0. The average molecular weight is 535 g/mol. The molecular formula is C28H31BrN4O2. The van der Waals surface area contributed by atoms with Gasteiger partial charge in [-0.25, -0.2) is 4.98 Å². The van der Waals surface area contributed by atoms with E-state index in [1.54, 1.807) is 12.3 Å². The van der Waals surface area contributed by atoms with E-state index in [0.717, 1.165) is 45.7 Å². The molecule has 4 rings (SSSR count). The molecule has 0 aliphatic carbocycles. The Labute approximate surface area is 214 Å². The summed E-state index contributed by atoms with van der Waals surface area (Å²) < 4.78 is 10.4. The molecule has 0 bridgehead atoms. The molecule has 0 fully saturated rings. The zero-order valence-corrected chi connectivity index (χ0v) is 22.5. The van der Waals surface area contributed by atoms with Crippen molar-refractivity contribution in [3.8, 4) is 11.4 Å². The van der Waals surface area contributed by atoms with Crippen molar-refractivity contribution in [1.29, 1.82) is 0 Å². The lowest BCUT2D eigenvalue weighted by Gasteiger charge is -2.14. The minimum Gasteiger partial charge on any atom is -0.491 e. The number of hydrogen-bond acceptors (Lipinski definition) is 4. The molecular weight excluding hydrogens is 504 g/mol. The zero-order chi connectivity index (χ0) is 25.1. The number of benzene rings is 2. The average Bonchev–Trinajstić information content (AvgIpc) is 3.13. The van der Waals surface area contributed by atoms with Gasteiger partial charge in [0.2, 0.25) is 0 Å². The number of aryl methyl sites for hydroxylation is 2. The molecule has 35 heavy (non-hydrogen) atoms. The van der Waals surface area contributed by atoms with Crippen LogP contribution in [0.25, 0.3) is 16.6 Å². The van der Waals surface area contributed by atoms with Gasteiger partial charge in [-0.2, -0.15) is 9.78 Å². The molecule has 2 aromatic heterocycles. The number of halogens is 1. The minimum absolute atomic E-state index is 0.165. The van der Waals surface area contributed by atoms with Crippen LogP contribution < -0.4 is 10.3 Å². The molecule has 182 valence electrons. The van der Waals surface area contributed by atoms with Crippen molar-refractivity contribution >= 4 is 33.0 Å². The van der Waals surface area contributed by atoms with Crippen molar-refractivity contribution in [2.24, 2.45) is 5.10 Å².